The van der Waals surface area contributed by atoms with Crippen molar-refractivity contribution in [2.75, 3.05) is 13.1 Å². The van der Waals surface area contributed by atoms with Crippen molar-refractivity contribution in [3.63, 3.8) is 0 Å². The molecule has 0 saturated carbocycles. The Kier molecular flexibility index (Phi) is 5.72. The molecule has 1 amide bonds. The Hall–Kier alpha value is -0.570. The first-order valence-electron chi connectivity index (χ1n) is 4.62. The molecule has 1 fully saturated rings. The SMILES string of the molecule is CCC(=O)N1CCCCCC1.N. The molecule has 0 aromatic heterocycles. The number of rotatable bonds is 1. The van der Waals surface area contributed by atoms with Gasteiger partial charge < -0.3 is 11.1 Å². The molecule has 1 saturated heterocycles. The average Bonchev–Trinajstić information content (AvgIpc) is 2.30. The van der Waals surface area contributed by atoms with Crippen LogP contribution in [0.25, 0.3) is 0 Å². The lowest BCUT2D eigenvalue weighted by Gasteiger charge is -2.18. The summed E-state index contributed by atoms with van der Waals surface area (Å²) in [4.78, 5) is 13.3. The largest absolute Gasteiger partial charge is 0.344 e. The van der Waals surface area contributed by atoms with Crippen LogP contribution in [0.4, 0.5) is 0 Å². The molecular formula is C9H20N2O. The number of amides is 1. The molecule has 3 N–H and O–H groups in total. The molecule has 1 aliphatic rings. The third-order valence-corrected chi connectivity index (χ3v) is 2.26. The van der Waals surface area contributed by atoms with Crippen molar-refractivity contribution in [1.82, 2.24) is 11.1 Å². The summed E-state index contributed by atoms with van der Waals surface area (Å²) in [5.74, 6) is 0.326. The topological polar surface area (TPSA) is 55.3 Å². The van der Waals surface area contributed by atoms with E-state index in [1.165, 1.54) is 25.7 Å². The minimum absolute atomic E-state index is 0. The zero-order valence-electron chi connectivity index (χ0n) is 8.01. The van der Waals surface area contributed by atoms with Gasteiger partial charge in [-0.25, -0.2) is 0 Å². The van der Waals surface area contributed by atoms with E-state index < -0.39 is 0 Å². The van der Waals surface area contributed by atoms with E-state index in [-0.39, 0.29) is 6.15 Å². The summed E-state index contributed by atoms with van der Waals surface area (Å²) in [5.41, 5.74) is 0. The van der Waals surface area contributed by atoms with Crippen molar-refractivity contribution in [3.8, 4) is 0 Å². The lowest BCUT2D eigenvalue weighted by Crippen LogP contribution is -2.30. The Morgan fingerprint density at radius 2 is 1.67 bits per heavy atom. The first-order chi connectivity index (χ1) is 5.34. The van der Waals surface area contributed by atoms with E-state index in [1.807, 2.05) is 11.8 Å². The van der Waals surface area contributed by atoms with E-state index in [2.05, 4.69) is 0 Å². The quantitative estimate of drug-likeness (QED) is 0.657. The summed E-state index contributed by atoms with van der Waals surface area (Å²) >= 11 is 0. The molecule has 1 aliphatic heterocycles. The number of hydrogen-bond donors (Lipinski definition) is 1. The van der Waals surface area contributed by atoms with Crippen molar-refractivity contribution in [3.05, 3.63) is 0 Å². The summed E-state index contributed by atoms with van der Waals surface area (Å²) in [7, 11) is 0. The van der Waals surface area contributed by atoms with E-state index in [0.717, 1.165) is 13.1 Å². The lowest BCUT2D eigenvalue weighted by atomic mass is 10.2. The van der Waals surface area contributed by atoms with Crippen LogP contribution in [0.2, 0.25) is 0 Å². The van der Waals surface area contributed by atoms with Gasteiger partial charge in [0.15, 0.2) is 0 Å². The van der Waals surface area contributed by atoms with Gasteiger partial charge in [-0.05, 0) is 12.8 Å². The first kappa shape index (κ1) is 11.4. The molecule has 3 nitrogen and oxygen atoms in total. The molecule has 0 bridgehead atoms. The van der Waals surface area contributed by atoms with Gasteiger partial charge in [0.2, 0.25) is 5.91 Å². The van der Waals surface area contributed by atoms with E-state index >= 15 is 0 Å². The van der Waals surface area contributed by atoms with Crippen molar-refractivity contribution >= 4 is 5.91 Å². The van der Waals surface area contributed by atoms with Gasteiger partial charge in [0, 0.05) is 19.5 Å². The highest BCUT2D eigenvalue weighted by molar-refractivity contribution is 5.75. The highest BCUT2D eigenvalue weighted by atomic mass is 16.2. The second-order valence-corrected chi connectivity index (χ2v) is 3.15. The molecule has 0 atom stereocenters. The second kappa shape index (κ2) is 6.00. The Morgan fingerprint density at radius 3 is 2.08 bits per heavy atom. The van der Waals surface area contributed by atoms with Gasteiger partial charge in [0.05, 0.1) is 0 Å². The standard InChI is InChI=1S/C9H17NO.H3N/c1-2-9(11)10-7-5-3-4-6-8-10;/h2-8H2,1H3;1H3. The smallest absolute Gasteiger partial charge is 0.222 e. The number of hydrogen-bond acceptors (Lipinski definition) is 2. The van der Waals surface area contributed by atoms with E-state index in [4.69, 9.17) is 0 Å². The first-order valence-corrected chi connectivity index (χ1v) is 4.62. The summed E-state index contributed by atoms with van der Waals surface area (Å²) in [6.07, 6.45) is 5.67. The average molecular weight is 172 g/mol. The molecule has 0 spiro atoms. The van der Waals surface area contributed by atoms with Crippen LogP contribution in [-0.4, -0.2) is 23.9 Å². The zero-order valence-corrected chi connectivity index (χ0v) is 8.01. The maximum atomic E-state index is 11.2. The molecule has 1 rings (SSSR count). The minimum atomic E-state index is 0. The van der Waals surface area contributed by atoms with E-state index in [0.29, 0.717) is 12.3 Å². The van der Waals surface area contributed by atoms with Crippen LogP contribution in [0.3, 0.4) is 0 Å². The fourth-order valence-corrected chi connectivity index (χ4v) is 1.54. The maximum absolute atomic E-state index is 11.2. The van der Waals surface area contributed by atoms with Gasteiger partial charge in [-0.1, -0.05) is 19.8 Å². The van der Waals surface area contributed by atoms with E-state index in [1.54, 1.807) is 0 Å². The van der Waals surface area contributed by atoms with Crippen LogP contribution in [0.15, 0.2) is 0 Å². The number of carbonyl (C=O) groups is 1. The monoisotopic (exact) mass is 172 g/mol. The molecule has 72 valence electrons. The molecular weight excluding hydrogens is 152 g/mol. The molecule has 3 heteroatoms. The molecule has 0 aromatic rings. The van der Waals surface area contributed by atoms with Gasteiger partial charge >= 0.3 is 0 Å². The fraction of sp³-hybridized carbons (Fsp3) is 0.889. The summed E-state index contributed by atoms with van der Waals surface area (Å²) < 4.78 is 0. The lowest BCUT2D eigenvalue weighted by molar-refractivity contribution is -0.130. The summed E-state index contributed by atoms with van der Waals surface area (Å²) in [6, 6.07) is 0. The third kappa shape index (κ3) is 3.22. The molecule has 0 unspecified atom stereocenters. The number of nitrogens with zero attached hydrogens (tertiary/aromatic N) is 1. The van der Waals surface area contributed by atoms with Crippen LogP contribution in [-0.2, 0) is 4.79 Å². The maximum Gasteiger partial charge on any atom is 0.222 e. The highest BCUT2D eigenvalue weighted by Crippen LogP contribution is 2.10. The minimum Gasteiger partial charge on any atom is -0.344 e. The Labute approximate surface area is 74.7 Å². The predicted octanol–water partition coefficient (Wildman–Crippen LogP) is 1.96. The Bertz CT molecular complexity index is 128. The summed E-state index contributed by atoms with van der Waals surface area (Å²) in [6.45, 7) is 3.92. The van der Waals surface area contributed by atoms with Gasteiger partial charge in [-0.2, -0.15) is 0 Å². The van der Waals surface area contributed by atoms with Crippen molar-refractivity contribution < 1.29 is 4.79 Å². The zero-order chi connectivity index (χ0) is 8.10. The Morgan fingerprint density at radius 1 is 1.17 bits per heavy atom. The van der Waals surface area contributed by atoms with Crippen LogP contribution in [0.1, 0.15) is 39.0 Å². The highest BCUT2D eigenvalue weighted by Gasteiger charge is 2.12. The molecule has 0 radical (unpaired) electrons. The van der Waals surface area contributed by atoms with Crippen molar-refractivity contribution in [2.24, 2.45) is 0 Å². The molecule has 0 aliphatic carbocycles. The third-order valence-electron chi connectivity index (χ3n) is 2.26. The second-order valence-electron chi connectivity index (χ2n) is 3.15. The van der Waals surface area contributed by atoms with Crippen molar-refractivity contribution in [1.29, 1.82) is 0 Å². The molecule has 1 heterocycles. The van der Waals surface area contributed by atoms with Gasteiger partial charge in [0.1, 0.15) is 0 Å². The molecule has 0 aromatic carbocycles. The number of carbonyl (C=O) groups excluding carboxylic acids is 1. The van der Waals surface area contributed by atoms with Crippen LogP contribution in [0.5, 0.6) is 0 Å². The predicted molar refractivity (Wildman–Crippen MR) is 50.4 cm³/mol. The number of likely N-dealkylation sites (tertiary alicyclic amines) is 1. The summed E-state index contributed by atoms with van der Waals surface area (Å²) in [5, 5.41) is 0. The van der Waals surface area contributed by atoms with E-state index in [9.17, 15) is 4.79 Å². The van der Waals surface area contributed by atoms with Crippen LogP contribution >= 0.6 is 0 Å². The Balaban J connectivity index is 0.00000121. The normalized spacial score (nSPS) is 17.9. The van der Waals surface area contributed by atoms with Crippen LogP contribution in [0, 0.1) is 0 Å². The van der Waals surface area contributed by atoms with Gasteiger partial charge in [0.25, 0.3) is 0 Å². The van der Waals surface area contributed by atoms with Crippen LogP contribution < -0.4 is 6.15 Å². The molecule has 12 heavy (non-hydrogen) atoms. The fourth-order valence-electron chi connectivity index (χ4n) is 1.54. The van der Waals surface area contributed by atoms with Gasteiger partial charge in [-0.3, -0.25) is 4.79 Å². The van der Waals surface area contributed by atoms with Crippen molar-refractivity contribution in [2.45, 2.75) is 39.0 Å². The van der Waals surface area contributed by atoms with Gasteiger partial charge in [-0.15, -0.1) is 0 Å².